The topological polar surface area (TPSA) is 121 Å². The summed E-state index contributed by atoms with van der Waals surface area (Å²) in [6.07, 6.45) is 0. The molecule has 3 N–H and O–H groups in total. The average Bonchev–Trinajstić information content (AvgIpc) is 2.70. The van der Waals surface area contributed by atoms with Crippen LogP contribution in [0.2, 0.25) is 5.02 Å². The van der Waals surface area contributed by atoms with Gasteiger partial charge in [-0.1, -0.05) is 41.4 Å². The lowest BCUT2D eigenvalue weighted by Crippen LogP contribution is -2.34. The van der Waals surface area contributed by atoms with Gasteiger partial charge in [-0.15, -0.1) is 0 Å². The second-order valence-corrected chi connectivity index (χ2v) is 10.3. The molecule has 3 rings (SSSR count). The number of nitrogens with one attached hydrogen (secondary N) is 3. The molecule has 11 heteroatoms. The van der Waals surface area contributed by atoms with Crippen molar-refractivity contribution in [2.45, 2.75) is 16.7 Å². The maximum absolute atomic E-state index is 12.8. The molecule has 0 atom stereocenters. The third kappa shape index (κ3) is 5.75. The Labute approximate surface area is 185 Å². The first kappa shape index (κ1) is 22.6. The molecule has 2 amide bonds. The van der Waals surface area contributed by atoms with Crippen LogP contribution in [0.5, 0.6) is 0 Å². The van der Waals surface area contributed by atoms with E-state index >= 15 is 0 Å². The first-order valence-corrected chi connectivity index (χ1v) is 12.2. The minimum absolute atomic E-state index is 0.0967. The number of halogens is 1. The Morgan fingerprint density at radius 3 is 2.06 bits per heavy atom. The second kappa shape index (κ2) is 8.96. The number of aryl methyl sites for hydroxylation is 1. The molecule has 8 nitrogen and oxygen atoms in total. The number of anilines is 2. The van der Waals surface area contributed by atoms with Crippen molar-refractivity contribution in [2.75, 3.05) is 10.0 Å². The van der Waals surface area contributed by atoms with Crippen LogP contribution in [0.4, 0.5) is 16.2 Å². The number of amides is 2. The van der Waals surface area contributed by atoms with Crippen molar-refractivity contribution in [1.82, 2.24) is 4.72 Å². The summed E-state index contributed by atoms with van der Waals surface area (Å²) in [5.41, 5.74) is 1.03. The first-order chi connectivity index (χ1) is 14.6. The lowest BCUT2D eigenvalue weighted by Gasteiger charge is -2.14. The molecule has 0 saturated carbocycles. The minimum Gasteiger partial charge on any atom is -0.306 e. The molecule has 0 spiro atoms. The molecule has 162 valence electrons. The maximum Gasteiger partial charge on any atom is 0.333 e. The molecule has 0 aliphatic carbocycles. The lowest BCUT2D eigenvalue weighted by atomic mass is 10.2. The molecule has 0 unspecified atom stereocenters. The summed E-state index contributed by atoms with van der Waals surface area (Å²) in [6.45, 7) is 1.80. The zero-order valence-corrected chi connectivity index (χ0v) is 18.6. The Hall–Kier alpha value is -3.08. The normalized spacial score (nSPS) is 11.5. The summed E-state index contributed by atoms with van der Waals surface area (Å²) in [5, 5.41) is 2.72. The smallest absolute Gasteiger partial charge is 0.306 e. The van der Waals surface area contributed by atoms with Gasteiger partial charge >= 0.3 is 6.03 Å². The Balaban J connectivity index is 1.80. The van der Waals surface area contributed by atoms with Crippen LogP contribution >= 0.6 is 11.6 Å². The van der Waals surface area contributed by atoms with Crippen LogP contribution in [0, 0.1) is 6.92 Å². The summed E-state index contributed by atoms with van der Waals surface area (Å²) in [6, 6.07) is 16.4. The van der Waals surface area contributed by atoms with Gasteiger partial charge in [0.25, 0.3) is 20.0 Å². The molecule has 0 radical (unpaired) electrons. The third-order valence-electron chi connectivity index (χ3n) is 4.08. The van der Waals surface area contributed by atoms with Gasteiger partial charge in [0.05, 0.1) is 10.6 Å². The van der Waals surface area contributed by atoms with Crippen LogP contribution in [0.15, 0.2) is 82.6 Å². The highest BCUT2D eigenvalue weighted by atomic mass is 35.5. The Bertz CT molecular complexity index is 1310. The van der Waals surface area contributed by atoms with E-state index in [-0.39, 0.29) is 21.2 Å². The summed E-state index contributed by atoms with van der Waals surface area (Å²) in [5.74, 6) is 0. The van der Waals surface area contributed by atoms with Crippen molar-refractivity contribution in [3.05, 3.63) is 83.4 Å². The van der Waals surface area contributed by atoms with Gasteiger partial charge in [-0.25, -0.2) is 26.4 Å². The number of hydrogen-bond acceptors (Lipinski definition) is 5. The molecule has 0 saturated heterocycles. The Morgan fingerprint density at radius 1 is 0.806 bits per heavy atom. The predicted molar refractivity (Wildman–Crippen MR) is 119 cm³/mol. The van der Waals surface area contributed by atoms with Gasteiger partial charge in [-0.2, -0.15) is 0 Å². The first-order valence-electron chi connectivity index (χ1n) is 8.85. The number of rotatable bonds is 6. The van der Waals surface area contributed by atoms with E-state index in [4.69, 9.17) is 11.6 Å². The van der Waals surface area contributed by atoms with Crippen LogP contribution in [-0.4, -0.2) is 22.9 Å². The number of sulfonamides is 2. The molecule has 0 aromatic heterocycles. The number of carbonyl (C=O) groups is 1. The van der Waals surface area contributed by atoms with E-state index in [2.05, 4.69) is 10.0 Å². The molecule has 3 aromatic rings. The van der Waals surface area contributed by atoms with E-state index in [0.717, 1.165) is 5.56 Å². The van der Waals surface area contributed by atoms with E-state index < -0.39 is 26.1 Å². The average molecular weight is 480 g/mol. The van der Waals surface area contributed by atoms with Crippen molar-refractivity contribution < 1.29 is 21.6 Å². The van der Waals surface area contributed by atoms with E-state index in [0.29, 0.717) is 5.02 Å². The molecule has 0 heterocycles. The molecule has 0 bridgehead atoms. The van der Waals surface area contributed by atoms with Gasteiger partial charge in [0.15, 0.2) is 0 Å². The molecular formula is C20H18ClN3O5S2. The van der Waals surface area contributed by atoms with Crippen molar-refractivity contribution in [1.29, 1.82) is 0 Å². The van der Waals surface area contributed by atoms with E-state index in [1.165, 1.54) is 60.7 Å². The minimum atomic E-state index is -4.14. The molecule has 31 heavy (non-hydrogen) atoms. The summed E-state index contributed by atoms with van der Waals surface area (Å²) in [7, 11) is -8.23. The fourth-order valence-corrected chi connectivity index (χ4v) is 4.83. The van der Waals surface area contributed by atoms with Crippen LogP contribution in [0.1, 0.15) is 5.56 Å². The summed E-state index contributed by atoms with van der Waals surface area (Å²) < 4.78 is 54.6. The Morgan fingerprint density at radius 2 is 1.42 bits per heavy atom. The number of para-hydroxylation sites is 1. The highest BCUT2D eigenvalue weighted by Gasteiger charge is 2.22. The van der Waals surface area contributed by atoms with Crippen molar-refractivity contribution >= 4 is 49.1 Å². The number of hydrogen-bond donors (Lipinski definition) is 3. The molecule has 0 aliphatic heterocycles. The molecule has 0 aliphatic rings. The highest BCUT2D eigenvalue weighted by Crippen LogP contribution is 2.24. The molecule has 3 aromatic carbocycles. The van der Waals surface area contributed by atoms with Crippen LogP contribution in [0.25, 0.3) is 0 Å². The van der Waals surface area contributed by atoms with Crippen molar-refractivity contribution in [3.63, 3.8) is 0 Å². The number of benzene rings is 3. The van der Waals surface area contributed by atoms with Gasteiger partial charge in [0.1, 0.15) is 4.90 Å². The van der Waals surface area contributed by atoms with E-state index in [1.54, 1.807) is 19.1 Å². The number of carbonyl (C=O) groups excluding carboxylic acids is 1. The highest BCUT2D eigenvalue weighted by molar-refractivity contribution is 7.93. The lowest BCUT2D eigenvalue weighted by molar-refractivity contribution is 0.256. The van der Waals surface area contributed by atoms with Crippen LogP contribution < -0.4 is 14.8 Å². The van der Waals surface area contributed by atoms with E-state index in [9.17, 15) is 21.6 Å². The van der Waals surface area contributed by atoms with Gasteiger partial charge in [0.2, 0.25) is 0 Å². The van der Waals surface area contributed by atoms with Crippen LogP contribution in [0.3, 0.4) is 0 Å². The van der Waals surface area contributed by atoms with Gasteiger partial charge in [0, 0.05) is 10.7 Å². The standard InChI is InChI=1S/C20H18ClN3O5S2/c1-14-6-12-17(13-7-14)30(26,27)24-20(25)22-18-4-2-3-5-19(18)31(28,29)23-16-10-8-15(21)9-11-16/h2-13,23H,1H3,(H2,22,24,25). The Kier molecular flexibility index (Phi) is 6.54. The van der Waals surface area contributed by atoms with Gasteiger partial charge in [-0.05, 0) is 55.5 Å². The summed E-state index contributed by atoms with van der Waals surface area (Å²) >= 11 is 5.81. The summed E-state index contributed by atoms with van der Waals surface area (Å²) in [4.78, 5) is 12.0. The van der Waals surface area contributed by atoms with Gasteiger partial charge in [-0.3, -0.25) is 4.72 Å². The molecular weight excluding hydrogens is 462 g/mol. The largest absolute Gasteiger partial charge is 0.333 e. The zero-order valence-electron chi connectivity index (χ0n) is 16.2. The SMILES string of the molecule is Cc1ccc(S(=O)(=O)NC(=O)Nc2ccccc2S(=O)(=O)Nc2ccc(Cl)cc2)cc1. The fraction of sp³-hybridized carbons (Fsp3) is 0.0500. The van der Waals surface area contributed by atoms with Crippen molar-refractivity contribution in [2.24, 2.45) is 0 Å². The predicted octanol–water partition coefficient (Wildman–Crippen LogP) is 3.96. The quantitative estimate of drug-likeness (QED) is 0.494. The zero-order chi connectivity index (χ0) is 22.6. The monoisotopic (exact) mass is 479 g/mol. The second-order valence-electron chi connectivity index (χ2n) is 6.48. The fourth-order valence-electron chi connectivity index (χ4n) is 2.58. The third-order valence-corrected chi connectivity index (χ3v) is 7.12. The number of urea groups is 1. The van der Waals surface area contributed by atoms with Crippen molar-refractivity contribution in [3.8, 4) is 0 Å². The van der Waals surface area contributed by atoms with Crippen LogP contribution in [-0.2, 0) is 20.0 Å². The van der Waals surface area contributed by atoms with E-state index in [1.807, 2.05) is 4.72 Å². The van der Waals surface area contributed by atoms with Gasteiger partial charge < -0.3 is 5.32 Å². The molecule has 0 fully saturated rings. The maximum atomic E-state index is 12.8.